The molecule has 1 aliphatic rings. The largest absolute Gasteiger partial charge is 0.370 e. The zero-order chi connectivity index (χ0) is 13.2. The Morgan fingerprint density at radius 3 is 2.50 bits per heavy atom. The number of nitrogens with zero attached hydrogens (tertiary/aromatic N) is 1. The second-order valence-corrected chi connectivity index (χ2v) is 6.38. The highest BCUT2D eigenvalue weighted by molar-refractivity contribution is 6.33. The molecule has 0 saturated carbocycles. The van der Waals surface area contributed by atoms with Gasteiger partial charge in [0, 0.05) is 13.1 Å². The third-order valence-electron chi connectivity index (χ3n) is 3.90. The number of hydrogen-bond donors (Lipinski definition) is 1. The molecule has 18 heavy (non-hydrogen) atoms. The second-order valence-electron chi connectivity index (χ2n) is 5.98. The van der Waals surface area contributed by atoms with Gasteiger partial charge in [-0.05, 0) is 48.9 Å². The molecule has 1 aromatic rings. The van der Waals surface area contributed by atoms with E-state index in [9.17, 15) is 0 Å². The lowest BCUT2D eigenvalue weighted by atomic mass is 9.82. The zero-order valence-electron chi connectivity index (χ0n) is 11.4. The highest BCUT2D eigenvalue weighted by Crippen LogP contribution is 2.35. The summed E-state index contributed by atoms with van der Waals surface area (Å²) in [5.74, 6) is 0. The molecule has 0 aromatic heterocycles. The van der Waals surface area contributed by atoms with Gasteiger partial charge in [0.1, 0.15) is 0 Å². The molecule has 2 N–H and O–H groups in total. The molecule has 0 aliphatic carbocycles. The van der Waals surface area contributed by atoms with Crippen LogP contribution in [0.25, 0.3) is 0 Å². The fraction of sp³-hybridized carbons (Fsp3) is 0.600. The van der Waals surface area contributed by atoms with E-state index in [1.807, 2.05) is 0 Å². The Labute approximate surface area is 115 Å². The number of anilines is 1. The maximum absolute atomic E-state index is 6.39. The van der Waals surface area contributed by atoms with E-state index in [0.29, 0.717) is 12.0 Å². The topological polar surface area (TPSA) is 29.3 Å². The molecule has 0 spiro atoms. The first-order chi connectivity index (χ1) is 8.52. The first-order valence-corrected chi connectivity index (χ1v) is 7.13. The van der Waals surface area contributed by atoms with E-state index in [1.54, 1.807) is 0 Å². The van der Waals surface area contributed by atoms with E-state index in [-0.39, 0.29) is 0 Å². The van der Waals surface area contributed by atoms with Crippen molar-refractivity contribution in [1.82, 2.24) is 0 Å². The van der Waals surface area contributed by atoms with Gasteiger partial charge in [0.05, 0.1) is 10.7 Å². The molecule has 1 saturated heterocycles. The monoisotopic (exact) mass is 266 g/mol. The Balaban J connectivity index is 2.10. The minimum absolute atomic E-state index is 0.475. The lowest BCUT2D eigenvalue weighted by Crippen LogP contribution is -2.37. The number of rotatable bonds is 3. The summed E-state index contributed by atoms with van der Waals surface area (Å²) in [6.45, 7) is 7.56. The summed E-state index contributed by atoms with van der Waals surface area (Å²) < 4.78 is 0. The van der Waals surface area contributed by atoms with Crippen LogP contribution in [0.1, 0.15) is 32.3 Å². The summed E-state index contributed by atoms with van der Waals surface area (Å²) in [6, 6.07) is 6.35. The van der Waals surface area contributed by atoms with Gasteiger partial charge in [-0.1, -0.05) is 31.5 Å². The normalized spacial score (nSPS) is 19.0. The molecule has 1 fully saturated rings. The number of piperidine rings is 1. The predicted molar refractivity (Wildman–Crippen MR) is 79.4 cm³/mol. The van der Waals surface area contributed by atoms with Crippen LogP contribution in [-0.2, 0) is 6.42 Å². The Morgan fingerprint density at radius 1 is 1.28 bits per heavy atom. The van der Waals surface area contributed by atoms with Gasteiger partial charge >= 0.3 is 0 Å². The van der Waals surface area contributed by atoms with Crippen LogP contribution in [0, 0.1) is 5.41 Å². The number of halogens is 1. The SMILES string of the molecule is CC1(C)CCN(c2ccc(CCN)cc2Cl)CC1. The molecular formula is C15H23ClN2. The first-order valence-electron chi connectivity index (χ1n) is 6.75. The molecule has 0 amide bonds. The van der Waals surface area contributed by atoms with Crippen molar-refractivity contribution in [2.75, 3.05) is 24.5 Å². The van der Waals surface area contributed by atoms with Crippen molar-refractivity contribution in [3.63, 3.8) is 0 Å². The van der Waals surface area contributed by atoms with Crippen molar-refractivity contribution in [3.8, 4) is 0 Å². The van der Waals surface area contributed by atoms with Crippen LogP contribution >= 0.6 is 11.6 Å². The van der Waals surface area contributed by atoms with Crippen LogP contribution < -0.4 is 10.6 Å². The lowest BCUT2D eigenvalue weighted by molar-refractivity contribution is 0.280. The minimum Gasteiger partial charge on any atom is -0.370 e. The van der Waals surface area contributed by atoms with Crippen molar-refractivity contribution in [1.29, 1.82) is 0 Å². The molecule has 1 heterocycles. The smallest absolute Gasteiger partial charge is 0.0642 e. The first kappa shape index (κ1) is 13.7. The van der Waals surface area contributed by atoms with Gasteiger partial charge in [-0.2, -0.15) is 0 Å². The third kappa shape index (κ3) is 3.18. The average Bonchev–Trinajstić information content (AvgIpc) is 2.31. The molecule has 100 valence electrons. The molecule has 0 bridgehead atoms. The second kappa shape index (κ2) is 5.50. The molecule has 1 aromatic carbocycles. The van der Waals surface area contributed by atoms with Crippen LogP contribution in [0.5, 0.6) is 0 Å². The highest BCUT2D eigenvalue weighted by atomic mass is 35.5. The summed E-state index contributed by atoms with van der Waals surface area (Å²) in [7, 11) is 0. The molecule has 0 atom stereocenters. The van der Waals surface area contributed by atoms with Crippen molar-refractivity contribution in [3.05, 3.63) is 28.8 Å². The summed E-state index contributed by atoms with van der Waals surface area (Å²) in [5, 5.41) is 0.862. The fourth-order valence-electron chi connectivity index (χ4n) is 2.48. The molecule has 1 aliphatic heterocycles. The van der Waals surface area contributed by atoms with Crippen molar-refractivity contribution < 1.29 is 0 Å². The van der Waals surface area contributed by atoms with Crippen LogP contribution in [0.4, 0.5) is 5.69 Å². The number of hydrogen-bond acceptors (Lipinski definition) is 2. The van der Waals surface area contributed by atoms with Crippen molar-refractivity contribution in [2.45, 2.75) is 33.1 Å². The minimum atomic E-state index is 0.475. The maximum Gasteiger partial charge on any atom is 0.0642 e. The average molecular weight is 267 g/mol. The number of nitrogens with two attached hydrogens (primary N) is 1. The van der Waals surface area contributed by atoms with Crippen LogP contribution in [0.3, 0.4) is 0 Å². The van der Waals surface area contributed by atoms with Gasteiger partial charge in [-0.15, -0.1) is 0 Å². The molecule has 0 radical (unpaired) electrons. The summed E-state index contributed by atoms with van der Waals surface area (Å²) in [5.41, 5.74) is 8.44. The van der Waals surface area contributed by atoms with Gasteiger partial charge in [-0.25, -0.2) is 0 Å². The van der Waals surface area contributed by atoms with E-state index in [4.69, 9.17) is 17.3 Å². The maximum atomic E-state index is 6.39. The Bertz CT molecular complexity index is 405. The predicted octanol–water partition coefficient (Wildman–Crippen LogP) is 3.47. The van der Waals surface area contributed by atoms with E-state index in [2.05, 4.69) is 36.9 Å². The van der Waals surface area contributed by atoms with Gasteiger partial charge in [0.15, 0.2) is 0 Å². The molecular weight excluding hydrogens is 244 g/mol. The van der Waals surface area contributed by atoms with Crippen molar-refractivity contribution in [2.24, 2.45) is 11.1 Å². The lowest BCUT2D eigenvalue weighted by Gasteiger charge is -2.38. The Hall–Kier alpha value is -0.730. The quantitative estimate of drug-likeness (QED) is 0.908. The van der Waals surface area contributed by atoms with Crippen LogP contribution in [0.2, 0.25) is 5.02 Å². The van der Waals surface area contributed by atoms with Crippen LogP contribution in [0.15, 0.2) is 18.2 Å². The van der Waals surface area contributed by atoms with Crippen LogP contribution in [-0.4, -0.2) is 19.6 Å². The number of benzene rings is 1. The molecule has 3 heteroatoms. The Kier molecular flexibility index (Phi) is 4.18. The molecule has 2 nitrogen and oxygen atoms in total. The van der Waals surface area contributed by atoms with E-state index >= 15 is 0 Å². The van der Waals surface area contributed by atoms with E-state index < -0.39 is 0 Å². The van der Waals surface area contributed by atoms with Gasteiger partial charge in [-0.3, -0.25) is 0 Å². The summed E-state index contributed by atoms with van der Waals surface area (Å²) in [6.07, 6.45) is 3.36. The Morgan fingerprint density at radius 2 is 1.94 bits per heavy atom. The van der Waals surface area contributed by atoms with E-state index in [1.165, 1.54) is 24.1 Å². The summed E-state index contributed by atoms with van der Waals surface area (Å²) >= 11 is 6.39. The molecule has 0 unspecified atom stereocenters. The van der Waals surface area contributed by atoms with Crippen molar-refractivity contribution >= 4 is 17.3 Å². The highest BCUT2D eigenvalue weighted by Gasteiger charge is 2.26. The fourth-order valence-corrected chi connectivity index (χ4v) is 2.80. The standard InChI is InChI=1S/C15H23ClN2/c1-15(2)6-9-18(10-7-15)14-4-3-12(5-8-17)11-13(14)16/h3-4,11H,5-10,17H2,1-2H3. The molecule has 2 rings (SSSR count). The van der Waals surface area contributed by atoms with Gasteiger partial charge in [0.25, 0.3) is 0 Å². The third-order valence-corrected chi connectivity index (χ3v) is 4.21. The zero-order valence-corrected chi connectivity index (χ0v) is 12.1. The summed E-state index contributed by atoms with van der Waals surface area (Å²) in [4.78, 5) is 2.40. The van der Waals surface area contributed by atoms with E-state index in [0.717, 1.165) is 24.5 Å². The van der Waals surface area contributed by atoms with Gasteiger partial charge in [0.2, 0.25) is 0 Å². The van der Waals surface area contributed by atoms with Gasteiger partial charge < -0.3 is 10.6 Å².